The Morgan fingerprint density at radius 3 is 2.41 bits per heavy atom. The number of esters is 1. The third kappa shape index (κ3) is 8.99. The van der Waals surface area contributed by atoms with E-state index in [0.717, 1.165) is 89.2 Å². The highest BCUT2D eigenvalue weighted by Crippen LogP contribution is 2.48. The maximum absolute atomic E-state index is 12.6. The fourth-order valence-corrected chi connectivity index (χ4v) is 6.58. The van der Waals surface area contributed by atoms with Crippen molar-refractivity contribution in [3.05, 3.63) is 29.3 Å². The molecule has 0 saturated heterocycles. The second-order valence-corrected chi connectivity index (χ2v) is 11.6. The Balaban J connectivity index is 1.55. The minimum absolute atomic E-state index is 0.0106. The number of rotatable bonds is 17. The van der Waals surface area contributed by atoms with Crippen LogP contribution in [0.25, 0.3) is 0 Å². The summed E-state index contributed by atoms with van der Waals surface area (Å²) in [5.74, 6) is 1.63. The molecule has 2 aliphatic rings. The molecule has 210 valence electrons. The minimum Gasteiger partial charge on any atom is -0.482 e. The van der Waals surface area contributed by atoms with Gasteiger partial charge in [0.25, 0.3) is 0 Å². The lowest BCUT2D eigenvalue weighted by Crippen LogP contribution is -2.28. The first kappa shape index (κ1) is 30.0. The standard InChI is InChI=1S/C32H52O5/c1-4-7-10-13-25(33)17-18-27-28-19-23-12-11-16-31(29(23)20-24(28)21-30(27)34)36-22-32(35)37-26(14-8-5-2)15-9-6-3/h11-12,16,24-28,30,33-34H,4-10,13-15,17-22H2,1-3H3. The number of aliphatic hydroxyl groups is 2. The summed E-state index contributed by atoms with van der Waals surface area (Å²) in [5.41, 5.74) is 2.47. The molecule has 0 amide bonds. The molecule has 0 radical (unpaired) electrons. The number of carbonyl (C=O) groups is 1. The summed E-state index contributed by atoms with van der Waals surface area (Å²) >= 11 is 0. The molecule has 1 aromatic carbocycles. The van der Waals surface area contributed by atoms with E-state index < -0.39 is 0 Å². The first-order valence-corrected chi connectivity index (χ1v) is 15.3. The van der Waals surface area contributed by atoms with Crippen molar-refractivity contribution < 1.29 is 24.5 Å². The van der Waals surface area contributed by atoms with Gasteiger partial charge in [-0.3, -0.25) is 0 Å². The number of carbonyl (C=O) groups excluding carboxylic acids is 1. The molecule has 3 rings (SSSR count). The van der Waals surface area contributed by atoms with Gasteiger partial charge in [0.1, 0.15) is 11.9 Å². The van der Waals surface area contributed by atoms with Crippen LogP contribution in [0.2, 0.25) is 0 Å². The van der Waals surface area contributed by atoms with E-state index in [1.54, 1.807) is 0 Å². The van der Waals surface area contributed by atoms with Crippen LogP contribution < -0.4 is 4.74 Å². The monoisotopic (exact) mass is 516 g/mol. The predicted molar refractivity (Wildman–Crippen MR) is 149 cm³/mol. The average Bonchev–Trinajstić information content (AvgIpc) is 3.20. The third-order valence-corrected chi connectivity index (χ3v) is 8.72. The van der Waals surface area contributed by atoms with Gasteiger partial charge < -0.3 is 19.7 Å². The van der Waals surface area contributed by atoms with Crippen LogP contribution in [0.15, 0.2) is 18.2 Å². The molecule has 37 heavy (non-hydrogen) atoms. The second-order valence-electron chi connectivity index (χ2n) is 11.6. The average molecular weight is 517 g/mol. The van der Waals surface area contributed by atoms with Crippen LogP contribution in [0.1, 0.15) is 115 Å². The molecule has 0 aromatic heterocycles. The van der Waals surface area contributed by atoms with E-state index in [0.29, 0.717) is 11.8 Å². The van der Waals surface area contributed by atoms with Crippen molar-refractivity contribution in [2.75, 3.05) is 6.61 Å². The summed E-state index contributed by atoms with van der Waals surface area (Å²) in [6.45, 7) is 6.45. The van der Waals surface area contributed by atoms with Gasteiger partial charge in [-0.05, 0) is 86.3 Å². The molecule has 1 saturated carbocycles. The third-order valence-electron chi connectivity index (χ3n) is 8.72. The lowest BCUT2D eigenvalue weighted by Gasteiger charge is -2.32. The van der Waals surface area contributed by atoms with Crippen LogP contribution >= 0.6 is 0 Å². The Labute approximate surface area is 225 Å². The number of benzene rings is 1. The molecule has 5 unspecified atom stereocenters. The number of aliphatic hydroxyl groups excluding tert-OH is 2. The second kappa shape index (κ2) is 15.7. The van der Waals surface area contributed by atoms with Crippen LogP contribution in [0.5, 0.6) is 5.75 Å². The molecule has 5 heteroatoms. The fraction of sp³-hybridized carbons (Fsp3) is 0.781. The van der Waals surface area contributed by atoms with Gasteiger partial charge in [0, 0.05) is 0 Å². The van der Waals surface area contributed by atoms with Gasteiger partial charge in [0.05, 0.1) is 12.2 Å². The largest absolute Gasteiger partial charge is 0.482 e. The van der Waals surface area contributed by atoms with E-state index in [2.05, 4.69) is 26.8 Å². The summed E-state index contributed by atoms with van der Waals surface area (Å²) in [7, 11) is 0. The number of hydrogen-bond donors (Lipinski definition) is 2. The molecule has 5 atom stereocenters. The highest BCUT2D eigenvalue weighted by molar-refractivity contribution is 5.71. The van der Waals surface area contributed by atoms with Gasteiger partial charge in [-0.1, -0.05) is 77.8 Å². The number of ether oxygens (including phenoxy) is 2. The maximum atomic E-state index is 12.6. The molecule has 0 spiro atoms. The number of fused-ring (bicyclic) bond motifs is 2. The summed E-state index contributed by atoms with van der Waals surface area (Å²) in [6, 6.07) is 6.15. The number of unbranched alkanes of at least 4 members (excludes halogenated alkanes) is 4. The van der Waals surface area contributed by atoms with Crippen molar-refractivity contribution in [2.45, 2.75) is 135 Å². The van der Waals surface area contributed by atoms with Gasteiger partial charge in [-0.25, -0.2) is 4.79 Å². The quantitative estimate of drug-likeness (QED) is 0.176. The summed E-state index contributed by atoms with van der Waals surface area (Å²) in [5, 5.41) is 21.3. The predicted octanol–water partition coefficient (Wildman–Crippen LogP) is 6.79. The Kier molecular flexibility index (Phi) is 12.7. The van der Waals surface area contributed by atoms with Crippen molar-refractivity contribution in [3.63, 3.8) is 0 Å². The molecule has 2 N–H and O–H groups in total. The lowest BCUT2D eigenvalue weighted by molar-refractivity contribution is -0.152. The van der Waals surface area contributed by atoms with Gasteiger partial charge in [-0.2, -0.15) is 0 Å². The smallest absolute Gasteiger partial charge is 0.344 e. The van der Waals surface area contributed by atoms with Crippen molar-refractivity contribution in [2.24, 2.45) is 17.8 Å². The molecule has 0 aliphatic heterocycles. The van der Waals surface area contributed by atoms with Crippen LogP contribution in [0.3, 0.4) is 0 Å². The van der Waals surface area contributed by atoms with Crippen molar-refractivity contribution >= 4 is 5.97 Å². The van der Waals surface area contributed by atoms with E-state index in [9.17, 15) is 15.0 Å². The first-order valence-electron chi connectivity index (χ1n) is 15.3. The zero-order valence-corrected chi connectivity index (χ0v) is 23.6. The Morgan fingerprint density at radius 2 is 1.70 bits per heavy atom. The molecule has 2 aliphatic carbocycles. The topological polar surface area (TPSA) is 76.0 Å². The van der Waals surface area contributed by atoms with Gasteiger partial charge in [0.2, 0.25) is 0 Å². The zero-order chi connectivity index (χ0) is 26.6. The van der Waals surface area contributed by atoms with E-state index in [1.165, 1.54) is 24.0 Å². The summed E-state index contributed by atoms with van der Waals surface area (Å²) in [4.78, 5) is 12.6. The van der Waals surface area contributed by atoms with E-state index in [-0.39, 0.29) is 36.8 Å². The molecule has 5 nitrogen and oxygen atoms in total. The molecule has 0 heterocycles. The Morgan fingerprint density at radius 1 is 0.973 bits per heavy atom. The summed E-state index contributed by atoms with van der Waals surface area (Å²) in [6.07, 6.45) is 14.2. The molecular weight excluding hydrogens is 464 g/mol. The Bertz CT molecular complexity index is 800. The Hall–Kier alpha value is -1.59. The zero-order valence-electron chi connectivity index (χ0n) is 23.6. The number of hydrogen-bond acceptors (Lipinski definition) is 5. The molecule has 1 fully saturated rings. The molecule has 1 aromatic rings. The summed E-state index contributed by atoms with van der Waals surface area (Å²) < 4.78 is 11.8. The van der Waals surface area contributed by atoms with Crippen LogP contribution in [-0.4, -0.2) is 41.1 Å². The van der Waals surface area contributed by atoms with Crippen LogP contribution in [0.4, 0.5) is 0 Å². The van der Waals surface area contributed by atoms with Gasteiger partial charge >= 0.3 is 5.97 Å². The van der Waals surface area contributed by atoms with Crippen molar-refractivity contribution in [1.82, 2.24) is 0 Å². The highest BCUT2D eigenvalue weighted by Gasteiger charge is 2.44. The normalized spacial score (nSPS) is 23.5. The minimum atomic E-state index is -0.297. The molecule has 0 bridgehead atoms. The van der Waals surface area contributed by atoms with Crippen molar-refractivity contribution in [3.8, 4) is 5.75 Å². The van der Waals surface area contributed by atoms with Gasteiger partial charge in [0.15, 0.2) is 6.61 Å². The van der Waals surface area contributed by atoms with Crippen LogP contribution in [0, 0.1) is 17.8 Å². The maximum Gasteiger partial charge on any atom is 0.344 e. The molecular formula is C32H52O5. The first-order chi connectivity index (χ1) is 18.0. The van der Waals surface area contributed by atoms with E-state index in [1.807, 2.05) is 12.1 Å². The van der Waals surface area contributed by atoms with Crippen LogP contribution in [-0.2, 0) is 22.4 Å². The van der Waals surface area contributed by atoms with E-state index in [4.69, 9.17) is 9.47 Å². The van der Waals surface area contributed by atoms with E-state index >= 15 is 0 Å². The lowest BCUT2D eigenvalue weighted by atomic mass is 9.73. The fourth-order valence-electron chi connectivity index (χ4n) is 6.58. The SMILES string of the molecule is CCCCCC(O)CCC1C(O)CC2Cc3c(cccc3OCC(=O)OC(CCCC)CCCC)CC21. The van der Waals surface area contributed by atoms with Gasteiger partial charge in [-0.15, -0.1) is 0 Å². The van der Waals surface area contributed by atoms with Crippen molar-refractivity contribution in [1.29, 1.82) is 0 Å². The highest BCUT2D eigenvalue weighted by atomic mass is 16.6.